The van der Waals surface area contributed by atoms with E-state index in [1.165, 1.54) is 0 Å². The maximum Gasteiger partial charge on any atom is 0.344 e. The molecular weight excluding hydrogens is 372 g/mol. The molecule has 1 atom stereocenters. The topological polar surface area (TPSA) is 83.7 Å². The Morgan fingerprint density at radius 1 is 1.14 bits per heavy atom. The van der Waals surface area contributed by atoms with Gasteiger partial charge in [-0.05, 0) is 43.7 Å². The molecule has 2 aromatic carbocycles. The summed E-state index contributed by atoms with van der Waals surface area (Å²) in [4.78, 5) is 12.2. The number of methoxy groups -OCH3 is 1. The molecule has 0 bridgehead atoms. The van der Waals surface area contributed by atoms with Crippen LogP contribution in [0, 0.1) is 0 Å². The van der Waals surface area contributed by atoms with Crippen LogP contribution in [-0.2, 0) is 9.53 Å². The third-order valence-electron chi connectivity index (χ3n) is 4.01. The quantitative estimate of drug-likeness (QED) is 0.522. The van der Waals surface area contributed by atoms with Gasteiger partial charge in [-0.25, -0.2) is 4.79 Å². The minimum atomic E-state index is -0.699. The van der Waals surface area contributed by atoms with Crippen LogP contribution in [0.5, 0.6) is 11.5 Å². The van der Waals surface area contributed by atoms with Crippen LogP contribution in [-0.4, -0.2) is 29.9 Å². The van der Waals surface area contributed by atoms with Crippen LogP contribution in [0.15, 0.2) is 59.0 Å². The molecule has 7 nitrogen and oxygen atoms in total. The van der Waals surface area contributed by atoms with E-state index in [4.69, 9.17) is 18.6 Å². The number of aromatic nitrogens is 2. The lowest BCUT2D eigenvalue weighted by molar-refractivity contribution is -0.152. The van der Waals surface area contributed by atoms with Crippen molar-refractivity contribution in [3.63, 3.8) is 0 Å². The van der Waals surface area contributed by atoms with Gasteiger partial charge in [-0.2, -0.15) is 0 Å². The molecule has 0 unspecified atom stereocenters. The molecular formula is C22H22N2O5. The lowest BCUT2D eigenvalue weighted by Gasteiger charge is -2.12. The lowest BCUT2D eigenvalue weighted by Crippen LogP contribution is -2.17. The van der Waals surface area contributed by atoms with Crippen LogP contribution in [0.4, 0.5) is 0 Å². The van der Waals surface area contributed by atoms with Gasteiger partial charge in [-0.15, -0.1) is 10.2 Å². The van der Waals surface area contributed by atoms with E-state index < -0.39 is 12.1 Å². The zero-order valence-corrected chi connectivity index (χ0v) is 16.5. The molecule has 0 aliphatic carbocycles. The predicted octanol–water partition coefficient (Wildman–Crippen LogP) is 4.46. The molecule has 0 saturated heterocycles. The summed E-state index contributed by atoms with van der Waals surface area (Å²) in [6.07, 6.45) is 3.17. The Balaban J connectivity index is 1.58. The predicted molar refractivity (Wildman–Crippen MR) is 107 cm³/mol. The highest BCUT2D eigenvalue weighted by molar-refractivity contribution is 5.71. The average Bonchev–Trinajstić information content (AvgIpc) is 3.24. The molecule has 0 fully saturated rings. The molecule has 0 saturated carbocycles. The van der Waals surface area contributed by atoms with E-state index in [1.54, 1.807) is 20.1 Å². The smallest absolute Gasteiger partial charge is 0.344 e. The van der Waals surface area contributed by atoms with Gasteiger partial charge in [0.1, 0.15) is 0 Å². The van der Waals surface area contributed by atoms with E-state index in [0.29, 0.717) is 17.4 Å². The van der Waals surface area contributed by atoms with Gasteiger partial charge in [0.2, 0.25) is 5.89 Å². The zero-order valence-electron chi connectivity index (χ0n) is 16.5. The third-order valence-corrected chi connectivity index (χ3v) is 4.01. The average molecular weight is 394 g/mol. The highest BCUT2D eigenvalue weighted by Gasteiger charge is 2.19. The monoisotopic (exact) mass is 394 g/mol. The van der Waals surface area contributed by atoms with E-state index in [1.807, 2.05) is 61.5 Å². The van der Waals surface area contributed by atoms with Crippen LogP contribution in [0.1, 0.15) is 31.4 Å². The summed E-state index contributed by atoms with van der Waals surface area (Å²) in [5.41, 5.74) is 1.76. The van der Waals surface area contributed by atoms with Gasteiger partial charge in [0, 0.05) is 5.56 Å². The number of benzene rings is 2. The largest absolute Gasteiger partial charge is 0.493 e. The van der Waals surface area contributed by atoms with Gasteiger partial charge in [-0.1, -0.05) is 36.4 Å². The normalized spacial score (nSPS) is 12.0. The summed E-state index contributed by atoms with van der Waals surface area (Å²) < 4.78 is 21.8. The molecule has 7 heteroatoms. The van der Waals surface area contributed by atoms with Crippen LogP contribution in [0.2, 0.25) is 0 Å². The Labute approximate surface area is 168 Å². The lowest BCUT2D eigenvalue weighted by atomic mass is 10.2. The molecule has 0 spiro atoms. The van der Waals surface area contributed by atoms with Crippen molar-refractivity contribution in [2.24, 2.45) is 0 Å². The first-order chi connectivity index (χ1) is 14.1. The molecule has 0 aliphatic rings. The molecule has 0 amide bonds. The van der Waals surface area contributed by atoms with Gasteiger partial charge in [0.05, 0.1) is 7.11 Å². The standard InChI is InChI=1S/C22H22N2O5/c1-4-8-16-11-12-18(19(13-16)26-3)27-14-20(25)28-15(2)21-23-24-22(29-21)17-9-6-5-7-10-17/h4-13,15H,14H2,1-3H3/b8-4+/t15-/m1/s1. The van der Waals surface area contributed by atoms with Gasteiger partial charge in [0.25, 0.3) is 5.89 Å². The summed E-state index contributed by atoms with van der Waals surface area (Å²) >= 11 is 0. The number of hydrogen-bond donors (Lipinski definition) is 0. The minimum absolute atomic E-state index is 0.213. The Morgan fingerprint density at radius 3 is 2.66 bits per heavy atom. The first-order valence-corrected chi connectivity index (χ1v) is 9.12. The second kappa shape index (κ2) is 9.54. The van der Waals surface area contributed by atoms with Gasteiger partial charge in [-0.3, -0.25) is 0 Å². The molecule has 29 heavy (non-hydrogen) atoms. The van der Waals surface area contributed by atoms with E-state index >= 15 is 0 Å². The molecule has 0 aliphatic heterocycles. The van der Waals surface area contributed by atoms with Crippen molar-refractivity contribution >= 4 is 12.0 Å². The fourth-order valence-corrected chi connectivity index (χ4v) is 2.61. The SMILES string of the molecule is C/C=C/c1ccc(OCC(=O)O[C@H](C)c2nnc(-c3ccccc3)o2)c(OC)c1. The second-order valence-corrected chi connectivity index (χ2v) is 6.14. The van der Waals surface area contributed by atoms with Crippen molar-refractivity contribution in [3.8, 4) is 23.0 Å². The fraction of sp³-hybridized carbons (Fsp3) is 0.227. The van der Waals surface area contributed by atoms with Crippen LogP contribution in [0.3, 0.4) is 0 Å². The van der Waals surface area contributed by atoms with Crippen molar-refractivity contribution in [1.82, 2.24) is 10.2 Å². The number of esters is 1. The zero-order chi connectivity index (χ0) is 20.6. The van der Waals surface area contributed by atoms with E-state index in [-0.39, 0.29) is 12.5 Å². The maximum absolute atomic E-state index is 12.2. The minimum Gasteiger partial charge on any atom is -0.493 e. The van der Waals surface area contributed by atoms with Crippen molar-refractivity contribution in [1.29, 1.82) is 0 Å². The van der Waals surface area contributed by atoms with Crippen molar-refractivity contribution in [3.05, 3.63) is 66.1 Å². The van der Waals surface area contributed by atoms with Gasteiger partial charge >= 0.3 is 5.97 Å². The Hall–Kier alpha value is -3.61. The van der Waals surface area contributed by atoms with Gasteiger partial charge < -0.3 is 18.6 Å². The van der Waals surface area contributed by atoms with Crippen molar-refractivity contribution in [2.75, 3.05) is 13.7 Å². The summed E-state index contributed by atoms with van der Waals surface area (Å²) in [6, 6.07) is 14.8. The van der Waals surface area contributed by atoms with E-state index in [2.05, 4.69) is 10.2 Å². The number of rotatable bonds is 8. The second-order valence-electron chi connectivity index (χ2n) is 6.14. The molecule has 1 heterocycles. The number of nitrogens with zero attached hydrogens (tertiary/aromatic N) is 2. The summed E-state index contributed by atoms with van der Waals surface area (Å²) in [5, 5.41) is 7.95. The molecule has 150 valence electrons. The number of carbonyl (C=O) groups is 1. The molecule has 1 aromatic heterocycles. The fourth-order valence-electron chi connectivity index (χ4n) is 2.61. The Kier molecular flexibility index (Phi) is 6.63. The molecule has 3 rings (SSSR count). The number of ether oxygens (including phenoxy) is 3. The first kappa shape index (κ1) is 20.1. The summed E-state index contributed by atoms with van der Waals surface area (Å²) in [6.45, 7) is 3.32. The number of carbonyl (C=O) groups excluding carboxylic acids is 1. The Bertz CT molecular complexity index is 982. The van der Waals surface area contributed by atoms with Crippen molar-refractivity contribution < 1.29 is 23.4 Å². The third kappa shape index (κ3) is 5.22. The number of allylic oxidation sites excluding steroid dienone is 1. The molecule has 0 radical (unpaired) electrons. The Morgan fingerprint density at radius 2 is 1.93 bits per heavy atom. The van der Waals surface area contributed by atoms with Crippen LogP contribution < -0.4 is 9.47 Å². The number of hydrogen-bond acceptors (Lipinski definition) is 7. The first-order valence-electron chi connectivity index (χ1n) is 9.12. The highest BCUT2D eigenvalue weighted by Crippen LogP contribution is 2.29. The summed E-state index contributed by atoms with van der Waals surface area (Å²) in [5.74, 6) is 1.01. The van der Waals surface area contributed by atoms with Crippen LogP contribution in [0.25, 0.3) is 17.5 Å². The maximum atomic E-state index is 12.2. The van der Waals surface area contributed by atoms with E-state index in [9.17, 15) is 4.79 Å². The highest BCUT2D eigenvalue weighted by atomic mass is 16.6. The molecule has 0 N–H and O–H groups in total. The van der Waals surface area contributed by atoms with Crippen LogP contribution >= 0.6 is 0 Å². The summed E-state index contributed by atoms with van der Waals surface area (Å²) in [7, 11) is 1.54. The van der Waals surface area contributed by atoms with Crippen molar-refractivity contribution in [2.45, 2.75) is 20.0 Å². The van der Waals surface area contributed by atoms with Gasteiger partial charge in [0.15, 0.2) is 24.2 Å². The van der Waals surface area contributed by atoms with E-state index in [0.717, 1.165) is 11.1 Å². The molecule has 3 aromatic rings.